The van der Waals surface area contributed by atoms with Gasteiger partial charge in [-0.2, -0.15) is 0 Å². The molecule has 0 aliphatic rings. The minimum Gasteiger partial charge on any atom is -0.379 e. The number of carbonyl (C=O) groups excluding carboxylic acids is 1. The first-order chi connectivity index (χ1) is 8.72. The Labute approximate surface area is 104 Å². The van der Waals surface area contributed by atoms with Crippen molar-refractivity contribution in [2.24, 2.45) is 0 Å². The first-order valence-electron chi connectivity index (χ1n) is 5.64. The monoisotopic (exact) mass is 246 g/mol. The van der Waals surface area contributed by atoms with Crippen LogP contribution in [-0.4, -0.2) is 22.8 Å². The van der Waals surface area contributed by atoms with E-state index in [2.05, 4.69) is 14.9 Å². The molecule has 0 spiro atoms. The van der Waals surface area contributed by atoms with Crippen LogP contribution in [0.1, 0.15) is 12.6 Å². The highest BCUT2D eigenvalue weighted by Gasteiger charge is 2.18. The van der Waals surface area contributed by atoms with E-state index in [9.17, 15) is 4.79 Å². The molecule has 2 N–H and O–H groups in total. The molecule has 1 heterocycles. The van der Waals surface area contributed by atoms with E-state index >= 15 is 0 Å². The van der Waals surface area contributed by atoms with Crippen molar-refractivity contribution in [2.75, 3.05) is 17.2 Å². The molecule has 1 amide bonds. The zero-order valence-electron chi connectivity index (χ0n) is 10.0. The maximum Gasteiger partial charge on any atom is 0.233 e. The zero-order chi connectivity index (χ0) is 13.0. The summed E-state index contributed by atoms with van der Waals surface area (Å²) in [4.78, 5) is 13.8. The maximum atomic E-state index is 12.2. The lowest BCUT2D eigenvalue weighted by atomic mass is 10.2. The normalized spacial score (nSPS) is 10.3. The van der Waals surface area contributed by atoms with Gasteiger partial charge in [-0.1, -0.05) is 23.4 Å². The second-order valence-corrected chi connectivity index (χ2v) is 3.75. The number of hydrogen-bond acceptors (Lipinski definition) is 5. The number of hydrogen-bond donors (Lipinski definition) is 1. The molecule has 6 heteroatoms. The van der Waals surface area contributed by atoms with E-state index in [-0.39, 0.29) is 18.1 Å². The van der Waals surface area contributed by atoms with E-state index in [4.69, 9.17) is 5.73 Å². The van der Waals surface area contributed by atoms with Crippen molar-refractivity contribution in [2.45, 2.75) is 13.3 Å². The Hall–Kier alpha value is -2.37. The van der Waals surface area contributed by atoms with Gasteiger partial charge in [-0.15, -0.1) is 0 Å². The Morgan fingerprint density at radius 2 is 2.06 bits per heavy atom. The van der Waals surface area contributed by atoms with Gasteiger partial charge in [0, 0.05) is 12.2 Å². The number of benzene rings is 1. The number of para-hydroxylation sites is 1. The largest absolute Gasteiger partial charge is 0.379 e. The van der Waals surface area contributed by atoms with Crippen molar-refractivity contribution in [1.29, 1.82) is 0 Å². The van der Waals surface area contributed by atoms with Gasteiger partial charge < -0.3 is 10.6 Å². The summed E-state index contributed by atoms with van der Waals surface area (Å²) in [6.45, 7) is 2.49. The Kier molecular flexibility index (Phi) is 3.57. The maximum absolute atomic E-state index is 12.2. The molecular formula is C12H14N4O2. The average molecular weight is 246 g/mol. The topological polar surface area (TPSA) is 85.2 Å². The van der Waals surface area contributed by atoms with Gasteiger partial charge in [0.15, 0.2) is 5.82 Å². The number of anilines is 2. The molecule has 1 aromatic carbocycles. The first kappa shape index (κ1) is 12.1. The van der Waals surface area contributed by atoms with Crippen LogP contribution in [0.3, 0.4) is 0 Å². The molecule has 0 radical (unpaired) electrons. The van der Waals surface area contributed by atoms with Crippen molar-refractivity contribution in [3.05, 3.63) is 36.0 Å². The summed E-state index contributed by atoms with van der Waals surface area (Å²) in [5.74, 6) is 0.0681. The summed E-state index contributed by atoms with van der Waals surface area (Å²) in [5.41, 5.74) is 6.75. The van der Waals surface area contributed by atoms with Crippen molar-refractivity contribution in [3.63, 3.8) is 0 Å². The summed E-state index contributed by atoms with van der Waals surface area (Å²) >= 11 is 0. The molecule has 18 heavy (non-hydrogen) atoms. The van der Waals surface area contributed by atoms with E-state index < -0.39 is 0 Å². The lowest BCUT2D eigenvalue weighted by Crippen LogP contribution is -2.32. The number of nitrogens with zero attached hydrogens (tertiary/aromatic N) is 3. The summed E-state index contributed by atoms with van der Waals surface area (Å²) < 4.78 is 4.47. The Bertz CT molecular complexity index is 524. The SMILES string of the molecule is CCN(C(=O)Cc1nonc1N)c1ccccc1. The summed E-state index contributed by atoms with van der Waals surface area (Å²) in [5, 5.41) is 7.06. The van der Waals surface area contributed by atoms with Gasteiger partial charge in [0.05, 0.1) is 6.42 Å². The van der Waals surface area contributed by atoms with Crippen LogP contribution in [0.5, 0.6) is 0 Å². The first-order valence-corrected chi connectivity index (χ1v) is 5.64. The van der Waals surface area contributed by atoms with Crippen LogP contribution < -0.4 is 10.6 Å². The second-order valence-electron chi connectivity index (χ2n) is 3.75. The van der Waals surface area contributed by atoms with E-state index in [1.54, 1.807) is 4.90 Å². The van der Waals surface area contributed by atoms with E-state index in [0.29, 0.717) is 12.2 Å². The second kappa shape index (κ2) is 5.31. The van der Waals surface area contributed by atoms with Crippen LogP contribution in [-0.2, 0) is 11.2 Å². The van der Waals surface area contributed by atoms with Gasteiger partial charge in [-0.05, 0) is 24.2 Å². The highest BCUT2D eigenvalue weighted by Crippen LogP contribution is 2.15. The predicted octanol–water partition coefficient (Wildman–Crippen LogP) is 1.25. The summed E-state index contributed by atoms with van der Waals surface area (Å²) in [6.07, 6.45) is 0.0814. The van der Waals surface area contributed by atoms with E-state index in [0.717, 1.165) is 5.69 Å². The Balaban J connectivity index is 2.14. The molecule has 0 fully saturated rings. The molecule has 0 atom stereocenters. The summed E-state index contributed by atoms with van der Waals surface area (Å²) in [7, 11) is 0. The number of likely N-dealkylation sites (N-methyl/N-ethyl adjacent to an activating group) is 1. The van der Waals surface area contributed by atoms with Gasteiger partial charge in [0.1, 0.15) is 5.69 Å². The molecule has 0 bridgehead atoms. The molecule has 94 valence electrons. The molecule has 6 nitrogen and oxygen atoms in total. The molecule has 2 rings (SSSR count). The third kappa shape index (κ3) is 2.48. The molecule has 0 saturated carbocycles. The lowest BCUT2D eigenvalue weighted by Gasteiger charge is -2.20. The highest BCUT2D eigenvalue weighted by molar-refractivity contribution is 5.94. The third-order valence-electron chi connectivity index (χ3n) is 2.59. The molecular weight excluding hydrogens is 232 g/mol. The van der Waals surface area contributed by atoms with Crippen molar-refractivity contribution in [3.8, 4) is 0 Å². The fraction of sp³-hybridized carbons (Fsp3) is 0.250. The molecule has 1 aromatic heterocycles. The summed E-state index contributed by atoms with van der Waals surface area (Å²) in [6, 6.07) is 9.44. The van der Waals surface area contributed by atoms with Crippen LogP contribution in [0.15, 0.2) is 35.0 Å². The molecule has 0 unspecified atom stereocenters. The fourth-order valence-corrected chi connectivity index (χ4v) is 1.69. The van der Waals surface area contributed by atoms with Gasteiger partial charge in [-0.25, -0.2) is 4.63 Å². The van der Waals surface area contributed by atoms with Crippen LogP contribution in [0.2, 0.25) is 0 Å². The highest BCUT2D eigenvalue weighted by atomic mass is 16.6. The molecule has 0 saturated heterocycles. The van der Waals surface area contributed by atoms with E-state index in [1.165, 1.54) is 0 Å². The Morgan fingerprint density at radius 3 is 2.61 bits per heavy atom. The van der Waals surface area contributed by atoms with Crippen LogP contribution >= 0.6 is 0 Å². The van der Waals surface area contributed by atoms with Crippen LogP contribution in [0, 0.1) is 0 Å². The molecule has 0 aliphatic carbocycles. The van der Waals surface area contributed by atoms with Gasteiger partial charge in [0.2, 0.25) is 5.91 Å². The number of rotatable bonds is 4. The minimum atomic E-state index is -0.0916. The number of aromatic nitrogens is 2. The predicted molar refractivity (Wildman–Crippen MR) is 66.9 cm³/mol. The number of carbonyl (C=O) groups is 1. The van der Waals surface area contributed by atoms with Gasteiger partial charge >= 0.3 is 0 Å². The van der Waals surface area contributed by atoms with Crippen molar-refractivity contribution < 1.29 is 9.42 Å². The quantitative estimate of drug-likeness (QED) is 0.877. The van der Waals surface area contributed by atoms with Crippen LogP contribution in [0.25, 0.3) is 0 Å². The van der Waals surface area contributed by atoms with Gasteiger partial charge in [0.25, 0.3) is 0 Å². The number of nitrogens with two attached hydrogens (primary N) is 1. The average Bonchev–Trinajstić information content (AvgIpc) is 2.77. The number of amides is 1. The zero-order valence-corrected chi connectivity index (χ0v) is 10.0. The molecule has 2 aromatic rings. The Morgan fingerprint density at radius 1 is 1.33 bits per heavy atom. The smallest absolute Gasteiger partial charge is 0.233 e. The third-order valence-corrected chi connectivity index (χ3v) is 2.59. The lowest BCUT2D eigenvalue weighted by molar-refractivity contribution is -0.118. The van der Waals surface area contributed by atoms with Crippen molar-refractivity contribution in [1.82, 2.24) is 10.3 Å². The van der Waals surface area contributed by atoms with Crippen molar-refractivity contribution >= 4 is 17.4 Å². The number of nitrogen functional groups attached to an aromatic ring is 1. The fourth-order valence-electron chi connectivity index (χ4n) is 1.69. The van der Waals surface area contributed by atoms with Gasteiger partial charge in [-0.3, -0.25) is 4.79 Å². The molecule has 0 aliphatic heterocycles. The van der Waals surface area contributed by atoms with Crippen LogP contribution in [0.4, 0.5) is 11.5 Å². The minimum absolute atomic E-state index is 0.0814. The standard InChI is InChI=1S/C12H14N4O2/c1-2-16(9-6-4-3-5-7-9)11(17)8-10-12(13)15-18-14-10/h3-7H,2,8H2,1H3,(H2,13,15). The van der Waals surface area contributed by atoms with E-state index in [1.807, 2.05) is 37.3 Å².